The van der Waals surface area contributed by atoms with Gasteiger partial charge in [0.15, 0.2) is 12.4 Å². The molecule has 0 bridgehead atoms. The fourth-order valence-corrected chi connectivity index (χ4v) is 6.67. The van der Waals surface area contributed by atoms with Crippen LogP contribution in [0.4, 0.5) is 0 Å². The predicted octanol–water partition coefficient (Wildman–Crippen LogP) is 2.11. The zero-order chi connectivity index (χ0) is 32.8. The molecule has 1 aliphatic carbocycles. The van der Waals surface area contributed by atoms with Crippen molar-refractivity contribution in [3.8, 4) is 0 Å². The first-order valence-electron chi connectivity index (χ1n) is 16.2. The van der Waals surface area contributed by atoms with Crippen LogP contribution in [0.1, 0.15) is 55.5 Å². The van der Waals surface area contributed by atoms with Crippen LogP contribution in [0.3, 0.4) is 0 Å². The lowest BCUT2D eigenvalue weighted by Crippen LogP contribution is -2.62. The Morgan fingerprint density at radius 1 is 1.02 bits per heavy atom. The molecule has 2 aliphatic rings. The number of β-amino-alcohol motifs (C(OH)–C–C–N with tert-alkyl or cyclic N) is 1. The minimum atomic E-state index is -0.870. The molecule has 10 heteroatoms. The molecular formula is C36H47N5O5. The molecule has 4 N–H and O–H groups in total. The third-order valence-electron chi connectivity index (χ3n) is 8.82. The number of hydrogen-bond acceptors (Lipinski definition) is 7. The second-order valence-corrected chi connectivity index (χ2v) is 13.8. The normalized spacial score (nSPS) is 21.7. The summed E-state index contributed by atoms with van der Waals surface area (Å²) in [5, 5.41) is 40.3. The van der Waals surface area contributed by atoms with Gasteiger partial charge in [-0.05, 0) is 56.4 Å². The van der Waals surface area contributed by atoms with E-state index in [-0.39, 0.29) is 24.8 Å². The minimum Gasteiger partial charge on any atom is -0.619 e. The Labute approximate surface area is 271 Å². The van der Waals surface area contributed by atoms with Crippen molar-refractivity contribution in [2.24, 2.45) is 5.92 Å². The Bertz CT molecular complexity index is 1480. The molecular weight excluding hydrogens is 582 g/mol. The molecule has 1 saturated heterocycles. The van der Waals surface area contributed by atoms with E-state index < -0.39 is 35.7 Å². The van der Waals surface area contributed by atoms with Crippen molar-refractivity contribution >= 4 is 11.8 Å². The van der Waals surface area contributed by atoms with E-state index in [2.05, 4.69) is 15.5 Å². The summed E-state index contributed by atoms with van der Waals surface area (Å²) >= 11 is 0. The maximum Gasteiger partial charge on any atom is 0.239 e. The van der Waals surface area contributed by atoms with Gasteiger partial charge in [-0.15, -0.1) is 0 Å². The van der Waals surface area contributed by atoms with Crippen LogP contribution in [-0.4, -0.2) is 81.8 Å². The van der Waals surface area contributed by atoms with E-state index in [1.807, 2.05) is 86.3 Å². The predicted molar refractivity (Wildman–Crippen MR) is 175 cm³/mol. The molecule has 2 aromatic carbocycles. The number of benzene rings is 2. The average Bonchev–Trinajstić information content (AvgIpc) is 3.31. The van der Waals surface area contributed by atoms with Crippen LogP contribution in [0.2, 0.25) is 0 Å². The zero-order valence-electron chi connectivity index (χ0n) is 27.0. The van der Waals surface area contributed by atoms with E-state index in [9.17, 15) is 25.0 Å². The van der Waals surface area contributed by atoms with Gasteiger partial charge in [-0.25, -0.2) is 0 Å². The van der Waals surface area contributed by atoms with Crippen LogP contribution in [-0.2, 0) is 29.0 Å². The van der Waals surface area contributed by atoms with Gasteiger partial charge in [0.05, 0.1) is 18.2 Å². The van der Waals surface area contributed by atoms with E-state index in [0.717, 1.165) is 27.0 Å². The molecule has 10 nitrogen and oxygen atoms in total. The van der Waals surface area contributed by atoms with Gasteiger partial charge in [-0.1, -0.05) is 54.6 Å². The van der Waals surface area contributed by atoms with E-state index >= 15 is 0 Å². The number of fused-ring (bicyclic) bond motifs is 1. The number of aliphatic hydroxyl groups is 2. The quantitative estimate of drug-likeness (QED) is 0.189. The van der Waals surface area contributed by atoms with E-state index in [1.165, 1.54) is 6.20 Å². The number of hydrogen-bond donors (Lipinski definition) is 4. The van der Waals surface area contributed by atoms with Gasteiger partial charge in [-0.3, -0.25) is 19.4 Å². The first kappa shape index (κ1) is 33.5. The highest BCUT2D eigenvalue weighted by Crippen LogP contribution is 2.32. The van der Waals surface area contributed by atoms with E-state index in [1.54, 1.807) is 12.3 Å². The standard InChI is InChI=1S/C36H47N5O5/c1-36(2,3)38-35(45)31-24-39(21-26-12-9-15-41(46)22-26)16-17-40(31)23-29(42)19-28(18-25-10-5-4-6-11-25)34(44)37-33-30-14-8-7-13-27(30)20-32(33)43/h4-15,22,28-29,31-33,42-43H,16-21,23-24H2,1-3H3,(H,37,44)(H,38,45)/t28-,29+,31?,32-,33+/m1/s1. The lowest BCUT2D eigenvalue weighted by molar-refractivity contribution is -0.605. The number of piperazine rings is 1. The van der Waals surface area contributed by atoms with Gasteiger partial charge in [0, 0.05) is 62.2 Å². The van der Waals surface area contributed by atoms with Gasteiger partial charge < -0.3 is 26.1 Å². The van der Waals surface area contributed by atoms with Crippen molar-refractivity contribution in [2.45, 2.75) is 76.4 Å². The number of aliphatic hydroxyl groups excluding tert-OH is 2. The Hall–Kier alpha value is -3.83. The molecule has 1 aromatic heterocycles. The maximum atomic E-state index is 13.8. The van der Waals surface area contributed by atoms with Crippen molar-refractivity contribution in [2.75, 3.05) is 26.2 Å². The van der Waals surface area contributed by atoms with Gasteiger partial charge >= 0.3 is 0 Å². The van der Waals surface area contributed by atoms with Crippen LogP contribution in [0, 0.1) is 11.1 Å². The summed E-state index contributed by atoms with van der Waals surface area (Å²) in [5.74, 6) is -0.879. The smallest absolute Gasteiger partial charge is 0.239 e. The molecule has 46 heavy (non-hydrogen) atoms. The van der Waals surface area contributed by atoms with Crippen molar-refractivity contribution in [3.05, 3.63) is 107 Å². The molecule has 1 unspecified atom stereocenters. The summed E-state index contributed by atoms with van der Waals surface area (Å²) in [4.78, 5) is 31.5. The van der Waals surface area contributed by atoms with Gasteiger partial charge in [0.1, 0.15) is 6.04 Å². The molecule has 0 saturated carbocycles. The summed E-state index contributed by atoms with van der Waals surface area (Å²) in [6.45, 7) is 8.23. The molecule has 0 spiro atoms. The molecule has 5 rings (SSSR count). The third-order valence-corrected chi connectivity index (χ3v) is 8.82. The number of carbonyl (C=O) groups excluding carboxylic acids is 2. The molecule has 246 valence electrons. The Balaban J connectivity index is 1.29. The lowest BCUT2D eigenvalue weighted by Gasteiger charge is -2.42. The van der Waals surface area contributed by atoms with E-state index in [4.69, 9.17) is 0 Å². The average molecular weight is 630 g/mol. The summed E-state index contributed by atoms with van der Waals surface area (Å²) in [6, 6.07) is 20.1. The SMILES string of the molecule is CC(C)(C)NC(=O)C1CN(Cc2ccc[n+]([O-])c2)CCN1C[C@@H](O)C[C@@H](Cc1ccccc1)C(=O)N[C@H]1c2ccccc2C[C@H]1O. The van der Waals surface area contributed by atoms with Crippen molar-refractivity contribution < 1.29 is 24.5 Å². The minimum absolute atomic E-state index is 0.121. The van der Waals surface area contributed by atoms with Crippen LogP contribution in [0.15, 0.2) is 79.1 Å². The van der Waals surface area contributed by atoms with Gasteiger partial charge in [0.25, 0.3) is 0 Å². The number of nitrogens with one attached hydrogen (secondary N) is 2. The molecule has 1 fully saturated rings. The molecule has 1 aliphatic heterocycles. The van der Waals surface area contributed by atoms with Gasteiger partial charge in [0.2, 0.25) is 11.8 Å². The number of pyridine rings is 1. The lowest BCUT2D eigenvalue weighted by atomic mass is 9.91. The highest BCUT2D eigenvalue weighted by Gasteiger charge is 2.37. The van der Waals surface area contributed by atoms with E-state index in [0.29, 0.717) is 39.0 Å². The van der Waals surface area contributed by atoms with Crippen molar-refractivity contribution in [3.63, 3.8) is 0 Å². The highest BCUT2D eigenvalue weighted by atomic mass is 16.5. The van der Waals surface area contributed by atoms with Crippen molar-refractivity contribution in [1.29, 1.82) is 0 Å². The van der Waals surface area contributed by atoms with Crippen LogP contribution in [0.25, 0.3) is 0 Å². The zero-order valence-corrected chi connectivity index (χ0v) is 27.0. The van der Waals surface area contributed by atoms with Crippen LogP contribution < -0.4 is 15.4 Å². The maximum absolute atomic E-state index is 13.8. The fraction of sp³-hybridized carbons (Fsp3) is 0.472. The van der Waals surface area contributed by atoms with Crippen molar-refractivity contribution in [1.82, 2.24) is 20.4 Å². The Morgan fingerprint density at radius 2 is 1.74 bits per heavy atom. The van der Waals surface area contributed by atoms with Gasteiger partial charge in [-0.2, -0.15) is 4.73 Å². The summed E-state index contributed by atoms with van der Waals surface area (Å²) in [5.41, 5.74) is 3.37. The first-order valence-corrected chi connectivity index (χ1v) is 16.2. The molecule has 0 radical (unpaired) electrons. The number of carbonyl (C=O) groups is 2. The molecule has 2 heterocycles. The number of amides is 2. The molecule has 2 amide bonds. The molecule has 3 aromatic rings. The summed E-state index contributed by atoms with van der Waals surface area (Å²) in [6.07, 6.45) is 2.53. The molecule has 5 atom stereocenters. The topological polar surface area (TPSA) is 132 Å². The first-order chi connectivity index (χ1) is 21.9. The van der Waals surface area contributed by atoms with Crippen LogP contribution in [0.5, 0.6) is 0 Å². The highest BCUT2D eigenvalue weighted by molar-refractivity contribution is 5.83. The monoisotopic (exact) mass is 629 g/mol. The summed E-state index contributed by atoms with van der Waals surface area (Å²) < 4.78 is 0.778. The second kappa shape index (κ2) is 14.7. The second-order valence-electron chi connectivity index (χ2n) is 13.8. The fourth-order valence-electron chi connectivity index (χ4n) is 6.67. The number of aromatic nitrogens is 1. The summed E-state index contributed by atoms with van der Waals surface area (Å²) in [7, 11) is 0. The number of rotatable bonds is 11. The largest absolute Gasteiger partial charge is 0.619 e. The third kappa shape index (κ3) is 8.91. The Morgan fingerprint density at radius 3 is 2.48 bits per heavy atom. The Kier molecular flexibility index (Phi) is 10.7. The number of nitrogens with zero attached hydrogens (tertiary/aromatic N) is 3. The van der Waals surface area contributed by atoms with Crippen LogP contribution >= 0.6 is 0 Å².